The fraction of sp³-hybridized carbons (Fsp3) is 0.571. The van der Waals surface area contributed by atoms with Crippen LogP contribution in [-0.4, -0.2) is 57.3 Å². The zero-order valence-electron chi connectivity index (χ0n) is 16.8. The molecule has 1 aromatic heterocycles. The molecule has 0 bridgehead atoms. The highest BCUT2D eigenvalue weighted by atomic mass is 16.2. The summed E-state index contributed by atoms with van der Waals surface area (Å²) in [6.45, 7) is 10.7. The van der Waals surface area contributed by atoms with E-state index in [9.17, 15) is 9.59 Å². The number of rotatable bonds is 5. The number of imidazole rings is 1. The molecular weight excluding hydrogens is 340 g/mol. The van der Waals surface area contributed by atoms with Crippen LogP contribution in [0, 0.1) is 5.92 Å². The standard InChI is InChI=1S/C21H30N4O2/c1-5-16(6-2)20(26)23-9-11-24(12-10-23)21(27)17-7-8-19-18(13-17)22-14-25(19)15(3)4/h7-8,13-16H,5-6,9-12H2,1-4H3. The largest absolute Gasteiger partial charge is 0.339 e. The molecule has 27 heavy (non-hydrogen) atoms. The van der Waals surface area contributed by atoms with Crippen molar-refractivity contribution in [2.75, 3.05) is 26.2 Å². The predicted octanol–water partition coefficient (Wildman–Crippen LogP) is 3.34. The number of carbonyl (C=O) groups is 2. The lowest BCUT2D eigenvalue weighted by atomic mass is 10.0. The van der Waals surface area contributed by atoms with Crippen LogP contribution in [0.25, 0.3) is 11.0 Å². The minimum absolute atomic E-state index is 0.0191. The summed E-state index contributed by atoms with van der Waals surface area (Å²) in [5.41, 5.74) is 2.55. The van der Waals surface area contributed by atoms with Crippen molar-refractivity contribution in [1.29, 1.82) is 0 Å². The van der Waals surface area contributed by atoms with Crippen molar-refractivity contribution in [2.45, 2.75) is 46.6 Å². The maximum atomic E-state index is 12.9. The first-order valence-electron chi connectivity index (χ1n) is 10.0. The summed E-state index contributed by atoms with van der Waals surface area (Å²) in [5.74, 6) is 0.351. The Kier molecular flexibility index (Phi) is 5.82. The van der Waals surface area contributed by atoms with Crippen LogP contribution in [0.1, 0.15) is 56.9 Å². The van der Waals surface area contributed by atoms with Gasteiger partial charge in [0.25, 0.3) is 5.91 Å². The maximum absolute atomic E-state index is 12.9. The third-order valence-corrected chi connectivity index (χ3v) is 5.59. The third kappa shape index (κ3) is 3.84. The first kappa shape index (κ1) is 19.4. The molecule has 1 saturated heterocycles. The van der Waals surface area contributed by atoms with Crippen molar-refractivity contribution in [3.8, 4) is 0 Å². The number of nitrogens with zero attached hydrogens (tertiary/aromatic N) is 4. The number of hydrogen-bond donors (Lipinski definition) is 0. The van der Waals surface area contributed by atoms with Gasteiger partial charge in [0.05, 0.1) is 17.4 Å². The molecule has 0 N–H and O–H groups in total. The van der Waals surface area contributed by atoms with E-state index in [-0.39, 0.29) is 17.7 Å². The van der Waals surface area contributed by atoms with Crippen LogP contribution in [0.4, 0.5) is 0 Å². The number of hydrogen-bond acceptors (Lipinski definition) is 3. The second kappa shape index (κ2) is 8.11. The van der Waals surface area contributed by atoms with Gasteiger partial charge in [-0.25, -0.2) is 4.98 Å². The lowest BCUT2D eigenvalue weighted by Gasteiger charge is -2.36. The molecule has 0 radical (unpaired) electrons. The molecule has 0 spiro atoms. The minimum Gasteiger partial charge on any atom is -0.339 e. The summed E-state index contributed by atoms with van der Waals surface area (Å²) in [6.07, 6.45) is 3.57. The van der Waals surface area contributed by atoms with E-state index < -0.39 is 0 Å². The van der Waals surface area contributed by atoms with Gasteiger partial charge in [0.1, 0.15) is 0 Å². The number of fused-ring (bicyclic) bond motifs is 1. The van der Waals surface area contributed by atoms with E-state index in [2.05, 4.69) is 37.2 Å². The van der Waals surface area contributed by atoms with Gasteiger partial charge in [-0.3, -0.25) is 9.59 Å². The third-order valence-electron chi connectivity index (χ3n) is 5.59. The van der Waals surface area contributed by atoms with Gasteiger partial charge in [0.2, 0.25) is 5.91 Å². The number of benzene rings is 1. The Morgan fingerprint density at radius 3 is 2.26 bits per heavy atom. The summed E-state index contributed by atoms with van der Waals surface area (Å²) in [6, 6.07) is 6.06. The van der Waals surface area contributed by atoms with E-state index in [1.807, 2.05) is 34.3 Å². The van der Waals surface area contributed by atoms with Crippen molar-refractivity contribution in [1.82, 2.24) is 19.4 Å². The average Bonchev–Trinajstić information content (AvgIpc) is 3.12. The van der Waals surface area contributed by atoms with Crippen LogP contribution in [0.5, 0.6) is 0 Å². The predicted molar refractivity (Wildman–Crippen MR) is 107 cm³/mol. The monoisotopic (exact) mass is 370 g/mol. The van der Waals surface area contributed by atoms with Crippen LogP contribution in [0.3, 0.4) is 0 Å². The molecule has 1 aromatic carbocycles. The second-order valence-corrected chi connectivity index (χ2v) is 7.58. The number of carbonyl (C=O) groups excluding carboxylic acids is 2. The van der Waals surface area contributed by atoms with Gasteiger partial charge in [-0.2, -0.15) is 0 Å². The van der Waals surface area contributed by atoms with E-state index in [0.717, 1.165) is 23.9 Å². The molecule has 146 valence electrons. The number of piperazine rings is 1. The lowest BCUT2D eigenvalue weighted by Crippen LogP contribution is -2.51. The Balaban J connectivity index is 1.67. The van der Waals surface area contributed by atoms with Crippen molar-refractivity contribution in [3.63, 3.8) is 0 Å². The fourth-order valence-electron chi connectivity index (χ4n) is 3.78. The summed E-state index contributed by atoms with van der Waals surface area (Å²) in [4.78, 5) is 33.6. The minimum atomic E-state index is 0.0191. The highest BCUT2D eigenvalue weighted by Crippen LogP contribution is 2.20. The molecular formula is C21H30N4O2. The molecule has 0 saturated carbocycles. The molecule has 2 amide bonds. The van der Waals surface area contributed by atoms with Crippen LogP contribution < -0.4 is 0 Å². The molecule has 6 nitrogen and oxygen atoms in total. The summed E-state index contributed by atoms with van der Waals surface area (Å²) in [5, 5.41) is 0. The molecule has 0 unspecified atom stereocenters. The van der Waals surface area contributed by atoms with Gasteiger partial charge >= 0.3 is 0 Å². The molecule has 0 aliphatic carbocycles. The normalized spacial score (nSPS) is 15.2. The first-order valence-corrected chi connectivity index (χ1v) is 10.0. The van der Waals surface area contributed by atoms with Gasteiger partial charge in [0.15, 0.2) is 0 Å². The Labute approximate surface area is 161 Å². The smallest absolute Gasteiger partial charge is 0.254 e. The van der Waals surface area contributed by atoms with Crippen LogP contribution in [-0.2, 0) is 4.79 Å². The average molecular weight is 370 g/mol. The van der Waals surface area contributed by atoms with Crippen molar-refractivity contribution in [2.24, 2.45) is 5.92 Å². The highest BCUT2D eigenvalue weighted by molar-refractivity contribution is 5.97. The SMILES string of the molecule is CCC(CC)C(=O)N1CCN(C(=O)c2ccc3c(c2)ncn3C(C)C)CC1. The molecule has 0 atom stereocenters. The first-order chi connectivity index (χ1) is 13.0. The van der Waals surface area contributed by atoms with Gasteiger partial charge < -0.3 is 14.4 Å². The molecule has 2 aromatic rings. The number of amides is 2. The Morgan fingerprint density at radius 1 is 1.04 bits per heavy atom. The van der Waals surface area contributed by atoms with E-state index in [4.69, 9.17) is 0 Å². The molecule has 1 aliphatic rings. The Bertz CT molecular complexity index is 815. The number of aromatic nitrogens is 2. The summed E-state index contributed by atoms with van der Waals surface area (Å²) in [7, 11) is 0. The van der Waals surface area contributed by atoms with Gasteiger partial charge in [0, 0.05) is 43.7 Å². The summed E-state index contributed by atoms with van der Waals surface area (Å²) < 4.78 is 2.10. The molecule has 6 heteroatoms. The van der Waals surface area contributed by atoms with Gasteiger partial charge in [-0.05, 0) is 44.9 Å². The zero-order valence-corrected chi connectivity index (χ0v) is 16.8. The van der Waals surface area contributed by atoms with E-state index >= 15 is 0 Å². The lowest BCUT2D eigenvalue weighted by molar-refractivity contribution is -0.137. The van der Waals surface area contributed by atoms with E-state index in [1.165, 1.54) is 0 Å². The Hall–Kier alpha value is -2.37. The van der Waals surface area contributed by atoms with Gasteiger partial charge in [-0.15, -0.1) is 0 Å². The fourth-order valence-corrected chi connectivity index (χ4v) is 3.78. The van der Waals surface area contributed by atoms with E-state index in [0.29, 0.717) is 37.8 Å². The van der Waals surface area contributed by atoms with Crippen molar-refractivity contribution in [3.05, 3.63) is 30.1 Å². The van der Waals surface area contributed by atoms with Crippen molar-refractivity contribution >= 4 is 22.8 Å². The molecule has 2 heterocycles. The second-order valence-electron chi connectivity index (χ2n) is 7.58. The topological polar surface area (TPSA) is 58.4 Å². The van der Waals surface area contributed by atoms with Crippen LogP contribution in [0.2, 0.25) is 0 Å². The summed E-state index contributed by atoms with van der Waals surface area (Å²) >= 11 is 0. The maximum Gasteiger partial charge on any atom is 0.254 e. The Morgan fingerprint density at radius 2 is 1.67 bits per heavy atom. The molecule has 1 fully saturated rings. The molecule has 3 rings (SSSR count). The highest BCUT2D eigenvalue weighted by Gasteiger charge is 2.28. The van der Waals surface area contributed by atoms with E-state index in [1.54, 1.807) is 0 Å². The molecule has 1 aliphatic heterocycles. The van der Waals surface area contributed by atoms with Gasteiger partial charge in [-0.1, -0.05) is 13.8 Å². The zero-order chi connectivity index (χ0) is 19.6. The van der Waals surface area contributed by atoms with Crippen molar-refractivity contribution < 1.29 is 9.59 Å². The quantitative estimate of drug-likeness (QED) is 0.811. The van der Waals surface area contributed by atoms with Crippen LogP contribution >= 0.6 is 0 Å². The van der Waals surface area contributed by atoms with Crippen LogP contribution in [0.15, 0.2) is 24.5 Å².